The van der Waals surface area contributed by atoms with Crippen molar-refractivity contribution in [2.24, 2.45) is 5.92 Å². The summed E-state index contributed by atoms with van der Waals surface area (Å²) in [5.74, 6) is 0.956. The highest BCUT2D eigenvalue weighted by atomic mass is 35.5. The molecule has 0 aromatic heterocycles. The summed E-state index contributed by atoms with van der Waals surface area (Å²) in [6.45, 7) is 5.02. The minimum absolute atomic E-state index is 0.227. The van der Waals surface area contributed by atoms with Gasteiger partial charge in [0, 0.05) is 29.2 Å². The van der Waals surface area contributed by atoms with Crippen molar-refractivity contribution in [3.8, 4) is 0 Å². The molecule has 26 heavy (non-hydrogen) atoms. The van der Waals surface area contributed by atoms with E-state index in [1.807, 2.05) is 0 Å². The first kappa shape index (κ1) is 18.8. The van der Waals surface area contributed by atoms with E-state index in [1.165, 1.54) is 76.4 Å². The molecule has 3 aliphatic rings. The molecule has 2 nitrogen and oxygen atoms in total. The van der Waals surface area contributed by atoms with Gasteiger partial charge in [-0.15, -0.1) is 0 Å². The monoisotopic (exact) mass is 374 g/mol. The summed E-state index contributed by atoms with van der Waals surface area (Å²) in [6.07, 6.45) is 12.2. The van der Waals surface area contributed by atoms with Crippen molar-refractivity contribution in [3.05, 3.63) is 34.9 Å². The van der Waals surface area contributed by atoms with Crippen LogP contribution in [0.3, 0.4) is 0 Å². The zero-order valence-electron chi connectivity index (χ0n) is 16.6. The van der Waals surface area contributed by atoms with Crippen LogP contribution in [0.5, 0.6) is 0 Å². The lowest BCUT2D eigenvalue weighted by Crippen LogP contribution is -2.50. The number of rotatable bonds is 6. The molecule has 3 fully saturated rings. The fourth-order valence-corrected chi connectivity index (χ4v) is 5.83. The normalized spacial score (nSPS) is 33.1. The molecule has 0 radical (unpaired) electrons. The SMILES string of the molecule is CCCC1CCN(C2CCC(c3ccc(Cl)cc3)(N(C)C3CC3)CC2)C1. The third-order valence-corrected chi connectivity index (χ3v) is 7.72. The van der Waals surface area contributed by atoms with E-state index in [4.69, 9.17) is 11.6 Å². The standard InChI is InChI=1S/C23H35ClN2/c1-3-4-18-13-16-26(17-18)22-11-14-23(15-12-22,25(2)21-9-10-21)19-5-7-20(24)8-6-19/h5-8,18,21-22H,3-4,9-17H2,1-2H3. The molecular formula is C23H35ClN2. The Morgan fingerprint density at radius 3 is 2.38 bits per heavy atom. The van der Waals surface area contributed by atoms with E-state index in [1.54, 1.807) is 0 Å². The summed E-state index contributed by atoms with van der Waals surface area (Å²) in [5, 5.41) is 0.852. The third kappa shape index (κ3) is 3.70. The van der Waals surface area contributed by atoms with Crippen molar-refractivity contribution in [2.75, 3.05) is 20.1 Å². The Bertz CT molecular complexity index is 587. The van der Waals surface area contributed by atoms with E-state index in [2.05, 4.69) is 48.0 Å². The van der Waals surface area contributed by atoms with Gasteiger partial charge in [0.2, 0.25) is 0 Å². The minimum Gasteiger partial charge on any atom is -0.300 e. The lowest BCUT2D eigenvalue weighted by molar-refractivity contribution is 0.0327. The molecular weight excluding hydrogens is 340 g/mol. The van der Waals surface area contributed by atoms with Crippen LogP contribution in [-0.2, 0) is 5.54 Å². The first-order chi connectivity index (χ1) is 12.6. The summed E-state index contributed by atoms with van der Waals surface area (Å²) in [7, 11) is 2.37. The van der Waals surface area contributed by atoms with E-state index in [9.17, 15) is 0 Å². The lowest BCUT2D eigenvalue weighted by Gasteiger charge is -2.49. The van der Waals surface area contributed by atoms with E-state index in [-0.39, 0.29) is 5.54 Å². The second-order valence-corrected chi connectivity index (χ2v) is 9.49. The molecule has 0 N–H and O–H groups in total. The topological polar surface area (TPSA) is 6.48 Å². The molecule has 1 aromatic carbocycles. The van der Waals surface area contributed by atoms with E-state index < -0.39 is 0 Å². The van der Waals surface area contributed by atoms with Gasteiger partial charge in [-0.3, -0.25) is 4.90 Å². The molecule has 2 saturated carbocycles. The van der Waals surface area contributed by atoms with E-state index in [0.29, 0.717) is 0 Å². The Morgan fingerprint density at radius 1 is 1.08 bits per heavy atom. The quantitative estimate of drug-likeness (QED) is 0.630. The smallest absolute Gasteiger partial charge is 0.0461 e. The average molecular weight is 375 g/mol. The molecule has 1 aromatic rings. The maximum absolute atomic E-state index is 6.18. The Kier molecular flexibility index (Phi) is 5.64. The van der Waals surface area contributed by atoms with Gasteiger partial charge in [0.15, 0.2) is 0 Å². The van der Waals surface area contributed by atoms with Gasteiger partial charge in [0.25, 0.3) is 0 Å². The fourth-order valence-electron chi connectivity index (χ4n) is 5.70. The summed E-state index contributed by atoms with van der Waals surface area (Å²) < 4.78 is 0. The van der Waals surface area contributed by atoms with E-state index >= 15 is 0 Å². The first-order valence-electron chi connectivity index (χ1n) is 10.9. The number of benzene rings is 1. The molecule has 0 amide bonds. The second kappa shape index (κ2) is 7.81. The molecule has 144 valence electrons. The largest absolute Gasteiger partial charge is 0.300 e. The van der Waals surface area contributed by atoms with Crippen LogP contribution in [0.15, 0.2) is 24.3 Å². The molecule has 1 aliphatic heterocycles. The highest BCUT2D eigenvalue weighted by Crippen LogP contribution is 2.47. The van der Waals surface area contributed by atoms with Crippen LogP contribution < -0.4 is 0 Å². The zero-order valence-corrected chi connectivity index (χ0v) is 17.3. The van der Waals surface area contributed by atoms with Crippen LogP contribution in [-0.4, -0.2) is 42.0 Å². The van der Waals surface area contributed by atoms with Crippen molar-refractivity contribution < 1.29 is 0 Å². The molecule has 0 spiro atoms. The number of nitrogens with zero attached hydrogens (tertiary/aromatic N) is 2. The van der Waals surface area contributed by atoms with Crippen LogP contribution in [0.2, 0.25) is 5.02 Å². The number of halogens is 1. The van der Waals surface area contributed by atoms with Crippen LogP contribution in [0.4, 0.5) is 0 Å². The molecule has 1 saturated heterocycles. The van der Waals surface area contributed by atoms with E-state index in [0.717, 1.165) is 23.0 Å². The first-order valence-corrected chi connectivity index (χ1v) is 11.2. The predicted molar refractivity (Wildman–Crippen MR) is 111 cm³/mol. The summed E-state index contributed by atoms with van der Waals surface area (Å²) >= 11 is 6.18. The van der Waals surface area contributed by atoms with Crippen molar-refractivity contribution in [1.29, 1.82) is 0 Å². The molecule has 1 atom stereocenters. The fraction of sp³-hybridized carbons (Fsp3) is 0.739. The highest BCUT2D eigenvalue weighted by Gasteiger charge is 2.46. The van der Waals surface area contributed by atoms with Gasteiger partial charge in [0.05, 0.1) is 0 Å². The van der Waals surface area contributed by atoms with Crippen LogP contribution >= 0.6 is 11.6 Å². The Morgan fingerprint density at radius 2 is 1.77 bits per heavy atom. The summed E-state index contributed by atoms with van der Waals surface area (Å²) in [6, 6.07) is 10.3. The zero-order chi connectivity index (χ0) is 18.1. The van der Waals surface area contributed by atoms with Gasteiger partial charge in [-0.05, 0) is 88.6 Å². The van der Waals surface area contributed by atoms with Crippen LogP contribution in [0, 0.1) is 5.92 Å². The summed E-state index contributed by atoms with van der Waals surface area (Å²) in [5.41, 5.74) is 1.71. The predicted octanol–water partition coefficient (Wildman–Crippen LogP) is 5.69. The third-order valence-electron chi connectivity index (χ3n) is 7.46. The Balaban J connectivity index is 1.47. The van der Waals surface area contributed by atoms with Gasteiger partial charge in [-0.2, -0.15) is 0 Å². The highest BCUT2D eigenvalue weighted by molar-refractivity contribution is 6.30. The number of hydrogen-bond donors (Lipinski definition) is 0. The molecule has 2 aliphatic carbocycles. The number of hydrogen-bond acceptors (Lipinski definition) is 2. The van der Waals surface area contributed by atoms with Crippen molar-refractivity contribution in [1.82, 2.24) is 9.80 Å². The van der Waals surface area contributed by atoms with Gasteiger partial charge in [-0.1, -0.05) is 37.1 Å². The van der Waals surface area contributed by atoms with Gasteiger partial charge in [0.1, 0.15) is 0 Å². The van der Waals surface area contributed by atoms with Crippen molar-refractivity contribution in [3.63, 3.8) is 0 Å². The van der Waals surface area contributed by atoms with Crippen LogP contribution in [0.25, 0.3) is 0 Å². The molecule has 4 rings (SSSR count). The Hall–Kier alpha value is -0.570. The maximum atomic E-state index is 6.18. The molecule has 1 heterocycles. The van der Waals surface area contributed by atoms with Crippen LogP contribution in [0.1, 0.15) is 70.3 Å². The Labute approximate surface area is 164 Å². The van der Waals surface area contributed by atoms with Gasteiger partial charge >= 0.3 is 0 Å². The molecule has 3 heteroatoms. The molecule has 0 bridgehead atoms. The average Bonchev–Trinajstić information content (AvgIpc) is 3.41. The molecule has 1 unspecified atom stereocenters. The second-order valence-electron chi connectivity index (χ2n) is 9.05. The van der Waals surface area contributed by atoms with Gasteiger partial charge < -0.3 is 4.90 Å². The lowest BCUT2D eigenvalue weighted by atomic mass is 9.73. The van der Waals surface area contributed by atoms with Crippen molar-refractivity contribution >= 4 is 11.6 Å². The number of likely N-dealkylation sites (tertiary alicyclic amines) is 1. The van der Waals surface area contributed by atoms with Crippen molar-refractivity contribution in [2.45, 2.75) is 82.3 Å². The minimum atomic E-state index is 0.227. The summed E-state index contributed by atoms with van der Waals surface area (Å²) in [4.78, 5) is 5.54. The van der Waals surface area contributed by atoms with Gasteiger partial charge in [-0.25, -0.2) is 0 Å². The maximum Gasteiger partial charge on any atom is 0.0461 e.